The van der Waals surface area contributed by atoms with Crippen LogP contribution in [0.4, 0.5) is 0 Å². The largest absolute Gasteiger partial charge is 0.480 e. The van der Waals surface area contributed by atoms with Crippen molar-refractivity contribution in [2.75, 3.05) is 13.1 Å². The first kappa shape index (κ1) is 13.4. The van der Waals surface area contributed by atoms with Gasteiger partial charge in [-0.2, -0.15) is 0 Å². The molecule has 2 atom stereocenters. The number of carbonyl (C=O) groups excluding carboxylic acids is 1. The molecule has 0 saturated carbocycles. The van der Waals surface area contributed by atoms with Crippen LogP contribution in [-0.2, 0) is 11.2 Å². The number of amides is 1. The number of carbonyl (C=O) groups is 1. The van der Waals surface area contributed by atoms with E-state index in [0.29, 0.717) is 6.42 Å². The SMILES string of the molecule is Cc1cc2c(cc1C)OC(C(=O)N[C@H]1CCCNC1)C2. The average molecular weight is 274 g/mol. The minimum Gasteiger partial charge on any atom is -0.480 e. The van der Waals surface area contributed by atoms with Crippen LogP contribution in [-0.4, -0.2) is 31.1 Å². The maximum atomic E-state index is 12.3. The molecular formula is C16H22N2O2. The highest BCUT2D eigenvalue weighted by molar-refractivity contribution is 5.82. The molecule has 2 heterocycles. The van der Waals surface area contributed by atoms with E-state index in [2.05, 4.69) is 30.5 Å². The zero-order valence-electron chi connectivity index (χ0n) is 12.2. The molecule has 0 bridgehead atoms. The number of fused-ring (bicyclic) bond motifs is 1. The molecule has 0 spiro atoms. The Morgan fingerprint density at radius 2 is 2.15 bits per heavy atom. The van der Waals surface area contributed by atoms with Gasteiger partial charge in [0, 0.05) is 19.0 Å². The normalized spacial score (nSPS) is 24.9. The van der Waals surface area contributed by atoms with E-state index in [1.54, 1.807) is 0 Å². The summed E-state index contributed by atoms with van der Waals surface area (Å²) in [6, 6.07) is 4.42. The lowest BCUT2D eigenvalue weighted by atomic mass is 10.0. The van der Waals surface area contributed by atoms with Gasteiger partial charge in [0.25, 0.3) is 5.91 Å². The summed E-state index contributed by atoms with van der Waals surface area (Å²) in [5.41, 5.74) is 3.61. The molecule has 1 saturated heterocycles. The van der Waals surface area contributed by atoms with Crippen LogP contribution in [0.3, 0.4) is 0 Å². The van der Waals surface area contributed by atoms with Gasteiger partial charge in [-0.05, 0) is 56.0 Å². The third-order valence-electron chi connectivity index (χ3n) is 4.29. The summed E-state index contributed by atoms with van der Waals surface area (Å²) in [6.45, 7) is 6.08. The summed E-state index contributed by atoms with van der Waals surface area (Å²) in [4.78, 5) is 12.3. The number of benzene rings is 1. The van der Waals surface area contributed by atoms with Crippen molar-refractivity contribution in [1.29, 1.82) is 0 Å². The van der Waals surface area contributed by atoms with E-state index in [0.717, 1.165) is 37.2 Å². The fraction of sp³-hybridized carbons (Fsp3) is 0.562. The smallest absolute Gasteiger partial charge is 0.261 e. The Hall–Kier alpha value is -1.55. The third kappa shape index (κ3) is 2.66. The molecule has 1 unspecified atom stereocenters. The fourth-order valence-corrected chi connectivity index (χ4v) is 2.93. The van der Waals surface area contributed by atoms with Crippen LogP contribution in [0, 0.1) is 13.8 Å². The average Bonchev–Trinajstić information content (AvgIpc) is 2.83. The van der Waals surface area contributed by atoms with Crippen LogP contribution in [0.1, 0.15) is 29.5 Å². The van der Waals surface area contributed by atoms with E-state index in [1.165, 1.54) is 11.1 Å². The number of piperidine rings is 1. The van der Waals surface area contributed by atoms with Crippen LogP contribution in [0.2, 0.25) is 0 Å². The Bertz CT molecular complexity index is 490. The number of hydrogen-bond acceptors (Lipinski definition) is 3. The highest BCUT2D eigenvalue weighted by Crippen LogP contribution is 2.31. The minimum absolute atomic E-state index is 0.0187. The van der Waals surface area contributed by atoms with Gasteiger partial charge in [-0.1, -0.05) is 6.07 Å². The van der Waals surface area contributed by atoms with Crippen molar-refractivity contribution >= 4 is 5.91 Å². The summed E-state index contributed by atoms with van der Waals surface area (Å²) in [7, 11) is 0. The molecular weight excluding hydrogens is 252 g/mol. The van der Waals surface area contributed by atoms with Gasteiger partial charge in [0.15, 0.2) is 6.10 Å². The molecule has 2 N–H and O–H groups in total. The summed E-state index contributed by atoms with van der Waals surface area (Å²) in [5, 5.41) is 6.41. The van der Waals surface area contributed by atoms with Gasteiger partial charge in [-0.25, -0.2) is 0 Å². The molecule has 0 aliphatic carbocycles. The first-order chi connectivity index (χ1) is 9.63. The molecule has 2 aliphatic rings. The summed E-state index contributed by atoms with van der Waals surface area (Å²) in [6.07, 6.45) is 2.49. The Labute approximate surface area is 119 Å². The number of rotatable bonds is 2. The van der Waals surface area contributed by atoms with Crippen molar-refractivity contribution in [3.8, 4) is 5.75 Å². The molecule has 0 aromatic heterocycles. The van der Waals surface area contributed by atoms with Gasteiger partial charge < -0.3 is 15.4 Å². The molecule has 2 aliphatic heterocycles. The third-order valence-corrected chi connectivity index (χ3v) is 4.29. The first-order valence-electron chi connectivity index (χ1n) is 7.41. The van der Waals surface area contributed by atoms with Crippen molar-refractivity contribution in [3.05, 3.63) is 28.8 Å². The molecule has 1 aromatic rings. The Morgan fingerprint density at radius 3 is 2.90 bits per heavy atom. The highest BCUT2D eigenvalue weighted by atomic mass is 16.5. The lowest BCUT2D eigenvalue weighted by molar-refractivity contribution is -0.128. The number of aryl methyl sites for hydroxylation is 2. The van der Waals surface area contributed by atoms with Crippen molar-refractivity contribution in [2.24, 2.45) is 0 Å². The molecule has 4 heteroatoms. The molecule has 1 aromatic carbocycles. The zero-order chi connectivity index (χ0) is 14.1. The molecule has 20 heavy (non-hydrogen) atoms. The molecule has 0 radical (unpaired) electrons. The minimum atomic E-state index is -0.367. The van der Waals surface area contributed by atoms with Gasteiger partial charge in [0.1, 0.15) is 5.75 Å². The van der Waals surface area contributed by atoms with Crippen LogP contribution < -0.4 is 15.4 Å². The van der Waals surface area contributed by atoms with Crippen LogP contribution in [0.25, 0.3) is 0 Å². The zero-order valence-corrected chi connectivity index (χ0v) is 12.2. The van der Waals surface area contributed by atoms with E-state index in [-0.39, 0.29) is 18.1 Å². The fourth-order valence-electron chi connectivity index (χ4n) is 2.93. The van der Waals surface area contributed by atoms with Gasteiger partial charge in [0.05, 0.1) is 0 Å². The van der Waals surface area contributed by atoms with Crippen molar-refractivity contribution < 1.29 is 9.53 Å². The predicted octanol–water partition coefficient (Wildman–Crippen LogP) is 1.48. The van der Waals surface area contributed by atoms with Crippen LogP contribution >= 0.6 is 0 Å². The number of nitrogens with one attached hydrogen (secondary N) is 2. The maximum absolute atomic E-state index is 12.3. The van der Waals surface area contributed by atoms with Crippen molar-refractivity contribution in [2.45, 2.75) is 45.3 Å². The van der Waals surface area contributed by atoms with E-state index < -0.39 is 0 Å². The Kier molecular flexibility index (Phi) is 3.66. The Morgan fingerprint density at radius 1 is 1.35 bits per heavy atom. The topological polar surface area (TPSA) is 50.4 Å². The lowest BCUT2D eigenvalue weighted by Gasteiger charge is -2.25. The predicted molar refractivity (Wildman–Crippen MR) is 78.1 cm³/mol. The Balaban J connectivity index is 1.64. The lowest BCUT2D eigenvalue weighted by Crippen LogP contribution is -2.49. The molecule has 1 fully saturated rings. The van der Waals surface area contributed by atoms with E-state index in [4.69, 9.17) is 4.74 Å². The van der Waals surface area contributed by atoms with Gasteiger partial charge in [-0.3, -0.25) is 4.79 Å². The van der Waals surface area contributed by atoms with Crippen LogP contribution in [0.15, 0.2) is 12.1 Å². The van der Waals surface area contributed by atoms with Crippen molar-refractivity contribution in [1.82, 2.24) is 10.6 Å². The van der Waals surface area contributed by atoms with Gasteiger partial charge >= 0.3 is 0 Å². The second-order valence-corrected chi connectivity index (χ2v) is 5.91. The number of ether oxygens (including phenoxy) is 1. The monoisotopic (exact) mass is 274 g/mol. The molecule has 4 nitrogen and oxygen atoms in total. The van der Waals surface area contributed by atoms with Crippen LogP contribution in [0.5, 0.6) is 5.75 Å². The summed E-state index contributed by atoms with van der Waals surface area (Å²) >= 11 is 0. The second-order valence-electron chi connectivity index (χ2n) is 5.91. The number of hydrogen-bond donors (Lipinski definition) is 2. The highest BCUT2D eigenvalue weighted by Gasteiger charge is 2.30. The molecule has 1 amide bonds. The summed E-state index contributed by atoms with van der Waals surface area (Å²) < 4.78 is 5.81. The summed E-state index contributed by atoms with van der Waals surface area (Å²) in [5.74, 6) is 0.889. The molecule has 3 rings (SSSR count). The van der Waals surface area contributed by atoms with Gasteiger partial charge in [-0.15, -0.1) is 0 Å². The quantitative estimate of drug-likeness (QED) is 0.859. The molecule has 108 valence electrons. The standard InChI is InChI=1S/C16H22N2O2/c1-10-6-12-8-15(20-14(12)7-11(10)2)16(19)18-13-4-3-5-17-9-13/h6-7,13,15,17H,3-5,8-9H2,1-2H3,(H,18,19)/t13-,15?/m0/s1. The van der Waals surface area contributed by atoms with E-state index >= 15 is 0 Å². The van der Waals surface area contributed by atoms with Gasteiger partial charge in [0.2, 0.25) is 0 Å². The van der Waals surface area contributed by atoms with E-state index in [9.17, 15) is 4.79 Å². The van der Waals surface area contributed by atoms with E-state index in [1.807, 2.05) is 6.07 Å². The second kappa shape index (κ2) is 5.44. The maximum Gasteiger partial charge on any atom is 0.261 e. The first-order valence-corrected chi connectivity index (χ1v) is 7.41. The van der Waals surface area contributed by atoms with Crippen molar-refractivity contribution in [3.63, 3.8) is 0 Å².